The lowest BCUT2D eigenvalue weighted by Crippen LogP contribution is -2.72. The first kappa shape index (κ1) is 21.0. The summed E-state index contributed by atoms with van der Waals surface area (Å²) in [6, 6.07) is 8.25. The van der Waals surface area contributed by atoms with Gasteiger partial charge in [-0.25, -0.2) is 4.79 Å². The monoisotopic (exact) mass is 360 g/mol. The molecule has 0 fully saturated rings. The predicted octanol–water partition coefficient (Wildman–Crippen LogP) is 2.76. The van der Waals surface area contributed by atoms with E-state index in [1.165, 1.54) is 6.92 Å². The van der Waals surface area contributed by atoms with Crippen LogP contribution in [0.25, 0.3) is 0 Å². The molecule has 0 aliphatic rings. The van der Waals surface area contributed by atoms with Gasteiger partial charge in [-0.1, -0.05) is 44.2 Å². The number of hydrogen-bond donors (Lipinski definition) is 2. The van der Waals surface area contributed by atoms with Crippen LogP contribution in [0.4, 0.5) is 13.2 Å². The molecular formula is C17H23F3N2O3. The maximum absolute atomic E-state index is 13.8. The number of hydrogen-bond acceptors (Lipinski definition) is 4. The summed E-state index contributed by atoms with van der Waals surface area (Å²) < 4.78 is 45.9. The molecule has 0 saturated heterocycles. The number of rotatable bonds is 8. The van der Waals surface area contributed by atoms with Crippen LogP contribution in [0.5, 0.6) is 0 Å². The number of amides is 1. The standard InChI is InChI=1S/C17H23F3N2O3/c1-4-25-15(24)16(17(18,19)20,22-14(23)10-12(2)3)21-11-13-8-6-5-7-9-13/h5-9,12,21H,4,10-11H2,1-3H3,(H,22,23)/t16-/m0/s1. The quantitative estimate of drug-likeness (QED) is 0.553. The van der Waals surface area contributed by atoms with E-state index in [0.717, 1.165) is 0 Å². The Bertz CT molecular complexity index is 576. The number of carbonyl (C=O) groups is 2. The summed E-state index contributed by atoms with van der Waals surface area (Å²) in [6.45, 7) is 4.25. The molecular weight excluding hydrogens is 337 g/mol. The molecule has 25 heavy (non-hydrogen) atoms. The van der Waals surface area contributed by atoms with Crippen LogP contribution < -0.4 is 10.6 Å². The van der Waals surface area contributed by atoms with Crippen LogP contribution in [0.2, 0.25) is 0 Å². The highest BCUT2D eigenvalue weighted by Crippen LogP contribution is 2.30. The average molecular weight is 360 g/mol. The highest BCUT2D eigenvalue weighted by atomic mass is 19.4. The Morgan fingerprint density at radius 2 is 1.76 bits per heavy atom. The largest absolute Gasteiger partial charge is 0.463 e. The molecule has 8 heteroatoms. The van der Waals surface area contributed by atoms with E-state index in [1.54, 1.807) is 44.2 Å². The number of carbonyl (C=O) groups excluding carboxylic acids is 2. The van der Waals surface area contributed by atoms with Gasteiger partial charge in [-0.2, -0.15) is 13.2 Å². The Hall–Kier alpha value is -2.09. The summed E-state index contributed by atoms with van der Waals surface area (Å²) in [5, 5.41) is 3.95. The van der Waals surface area contributed by atoms with Gasteiger partial charge in [0, 0.05) is 13.0 Å². The summed E-state index contributed by atoms with van der Waals surface area (Å²) in [4.78, 5) is 24.1. The molecule has 0 spiro atoms. The molecule has 0 bridgehead atoms. The van der Waals surface area contributed by atoms with Crippen LogP contribution in [0, 0.1) is 5.92 Å². The van der Waals surface area contributed by atoms with Crippen LogP contribution in [-0.2, 0) is 20.9 Å². The van der Waals surface area contributed by atoms with Gasteiger partial charge in [-0.05, 0) is 18.4 Å². The molecule has 1 amide bonds. The van der Waals surface area contributed by atoms with Crippen molar-refractivity contribution < 1.29 is 27.5 Å². The maximum Gasteiger partial charge on any atom is 0.436 e. The Labute approximate surface area is 144 Å². The predicted molar refractivity (Wildman–Crippen MR) is 86.3 cm³/mol. The lowest BCUT2D eigenvalue weighted by atomic mass is 10.1. The van der Waals surface area contributed by atoms with Gasteiger partial charge in [-0.3, -0.25) is 10.1 Å². The van der Waals surface area contributed by atoms with E-state index >= 15 is 0 Å². The summed E-state index contributed by atoms with van der Waals surface area (Å²) in [6.07, 6.45) is -5.23. The molecule has 1 rings (SSSR count). The van der Waals surface area contributed by atoms with Crippen molar-refractivity contribution in [2.75, 3.05) is 6.61 Å². The summed E-state index contributed by atoms with van der Waals surface area (Å²) in [5.74, 6) is -2.64. The SMILES string of the molecule is CCOC(=O)[C@](NCc1ccccc1)(NC(=O)CC(C)C)C(F)(F)F. The van der Waals surface area contributed by atoms with E-state index in [9.17, 15) is 22.8 Å². The van der Waals surface area contributed by atoms with Crippen molar-refractivity contribution in [3.05, 3.63) is 35.9 Å². The van der Waals surface area contributed by atoms with Crippen LogP contribution in [-0.4, -0.2) is 30.3 Å². The molecule has 0 radical (unpaired) electrons. The highest BCUT2D eigenvalue weighted by Gasteiger charge is 2.63. The lowest BCUT2D eigenvalue weighted by Gasteiger charge is -2.35. The average Bonchev–Trinajstić information content (AvgIpc) is 2.50. The second-order valence-corrected chi connectivity index (χ2v) is 5.95. The summed E-state index contributed by atoms with van der Waals surface area (Å²) >= 11 is 0. The van der Waals surface area contributed by atoms with Crippen LogP contribution in [0.3, 0.4) is 0 Å². The molecule has 1 atom stereocenters. The molecule has 0 unspecified atom stereocenters. The first-order valence-electron chi connectivity index (χ1n) is 7.96. The normalized spacial score (nSPS) is 14.0. The number of benzene rings is 1. The van der Waals surface area contributed by atoms with Gasteiger partial charge in [0.2, 0.25) is 5.91 Å². The van der Waals surface area contributed by atoms with Crippen molar-refractivity contribution in [2.24, 2.45) is 5.92 Å². The molecule has 1 aromatic carbocycles. The van der Waals surface area contributed by atoms with Gasteiger partial charge in [-0.15, -0.1) is 0 Å². The van der Waals surface area contributed by atoms with Crippen molar-refractivity contribution >= 4 is 11.9 Å². The minimum atomic E-state index is -5.08. The van der Waals surface area contributed by atoms with Crippen LogP contribution in [0.15, 0.2) is 30.3 Å². The molecule has 140 valence electrons. The van der Waals surface area contributed by atoms with Crippen LogP contribution in [0.1, 0.15) is 32.8 Å². The van der Waals surface area contributed by atoms with Gasteiger partial charge < -0.3 is 10.1 Å². The number of nitrogens with one attached hydrogen (secondary N) is 2. The molecule has 2 N–H and O–H groups in total. The molecule has 5 nitrogen and oxygen atoms in total. The summed E-state index contributed by atoms with van der Waals surface area (Å²) in [7, 11) is 0. The van der Waals surface area contributed by atoms with E-state index in [-0.39, 0.29) is 25.5 Å². The van der Waals surface area contributed by atoms with E-state index in [0.29, 0.717) is 5.56 Å². The third-order valence-corrected chi connectivity index (χ3v) is 3.33. The zero-order valence-electron chi connectivity index (χ0n) is 14.4. The third-order valence-electron chi connectivity index (χ3n) is 3.33. The fourth-order valence-electron chi connectivity index (χ4n) is 2.16. The lowest BCUT2D eigenvalue weighted by molar-refractivity contribution is -0.222. The first-order valence-corrected chi connectivity index (χ1v) is 7.96. The zero-order valence-corrected chi connectivity index (χ0v) is 14.4. The second-order valence-electron chi connectivity index (χ2n) is 5.95. The number of ether oxygens (including phenoxy) is 1. The van der Waals surface area contributed by atoms with E-state index < -0.39 is 23.7 Å². The second kappa shape index (κ2) is 8.84. The van der Waals surface area contributed by atoms with Gasteiger partial charge in [0.15, 0.2) is 0 Å². The Morgan fingerprint density at radius 1 is 1.16 bits per heavy atom. The number of alkyl halides is 3. The van der Waals surface area contributed by atoms with Gasteiger partial charge in [0.25, 0.3) is 5.66 Å². The highest BCUT2D eigenvalue weighted by molar-refractivity contribution is 5.88. The molecule has 0 aromatic heterocycles. The maximum atomic E-state index is 13.8. The number of halogens is 3. The molecule has 0 aliphatic carbocycles. The van der Waals surface area contributed by atoms with Crippen molar-refractivity contribution in [3.8, 4) is 0 Å². The molecule has 0 saturated carbocycles. The topological polar surface area (TPSA) is 67.4 Å². The van der Waals surface area contributed by atoms with Crippen molar-refractivity contribution in [3.63, 3.8) is 0 Å². The Balaban J connectivity index is 3.15. The van der Waals surface area contributed by atoms with Gasteiger partial charge in [0.05, 0.1) is 6.61 Å². The van der Waals surface area contributed by atoms with Crippen molar-refractivity contribution in [1.29, 1.82) is 0 Å². The smallest absolute Gasteiger partial charge is 0.436 e. The molecule has 0 heterocycles. The minimum absolute atomic E-state index is 0.149. The zero-order chi connectivity index (χ0) is 19.1. The van der Waals surface area contributed by atoms with Crippen LogP contribution >= 0.6 is 0 Å². The third kappa shape index (κ3) is 5.74. The Kier molecular flexibility index (Phi) is 7.41. The van der Waals surface area contributed by atoms with E-state index in [1.807, 2.05) is 5.32 Å². The first-order chi connectivity index (χ1) is 11.6. The summed E-state index contributed by atoms with van der Waals surface area (Å²) in [5.41, 5.74) is -2.77. The fourth-order valence-corrected chi connectivity index (χ4v) is 2.16. The van der Waals surface area contributed by atoms with Gasteiger partial charge in [0.1, 0.15) is 0 Å². The van der Waals surface area contributed by atoms with E-state index in [4.69, 9.17) is 0 Å². The number of esters is 1. The minimum Gasteiger partial charge on any atom is -0.463 e. The van der Waals surface area contributed by atoms with Gasteiger partial charge >= 0.3 is 12.1 Å². The van der Waals surface area contributed by atoms with Crippen molar-refractivity contribution in [1.82, 2.24) is 10.6 Å². The van der Waals surface area contributed by atoms with E-state index in [2.05, 4.69) is 10.1 Å². The molecule has 0 aliphatic heterocycles. The Morgan fingerprint density at radius 3 is 2.24 bits per heavy atom. The van der Waals surface area contributed by atoms with Crippen molar-refractivity contribution in [2.45, 2.75) is 45.6 Å². The fraction of sp³-hybridized carbons (Fsp3) is 0.529. The molecule has 1 aromatic rings.